The number of rotatable bonds is 3. The summed E-state index contributed by atoms with van der Waals surface area (Å²) in [6, 6.07) is 7.52. The van der Waals surface area contributed by atoms with Crippen LogP contribution in [0.15, 0.2) is 24.3 Å². The SMILES string of the molecule is O=C(NCc1cccc(N2CCCCC2=O)c1)C(=O)N1CCC(O)C12CCC2. The van der Waals surface area contributed by atoms with Crippen LogP contribution in [0.4, 0.5) is 5.69 Å². The van der Waals surface area contributed by atoms with E-state index in [1.807, 2.05) is 24.3 Å². The third kappa shape index (κ3) is 3.28. The average Bonchev–Trinajstić information content (AvgIpc) is 3.03. The van der Waals surface area contributed by atoms with Gasteiger partial charge in [0, 0.05) is 31.7 Å². The van der Waals surface area contributed by atoms with Crippen LogP contribution in [0.5, 0.6) is 0 Å². The zero-order valence-corrected chi connectivity index (χ0v) is 16.0. The van der Waals surface area contributed by atoms with E-state index in [-0.39, 0.29) is 12.5 Å². The van der Waals surface area contributed by atoms with E-state index in [1.54, 1.807) is 9.80 Å². The van der Waals surface area contributed by atoms with Gasteiger partial charge in [-0.05, 0) is 56.2 Å². The quantitative estimate of drug-likeness (QED) is 0.769. The summed E-state index contributed by atoms with van der Waals surface area (Å²) in [4.78, 5) is 40.5. The molecule has 2 heterocycles. The number of nitrogens with zero attached hydrogens (tertiary/aromatic N) is 2. The largest absolute Gasteiger partial charge is 0.391 e. The molecule has 150 valence electrons. The Bertz CT molecular complexity index is 790. The molecule has 1 spiro atoms. The monoisotopic (exact) mass is 385 g/mol. The number of aliphatic hydroxyl groups is 1. The zero-order chi connectivity index (χ0) is 19.7. The van der Waals surface area contributed by atoms with Gasteiger partial charge in [0.15, 0.2) is 0 Å². The van der Waals surface area contributed by atoms with E-state index in [0.29, 0.717) is 25.9 Å². The highest BCUT2D eigenvalue weighted by molar-refractivity contribution is 6.35. The maximum atomic E-state index is 12.6. The van der Waals surface area contributed by atoms with Gasteiger partial charge in [0.2, 0.25) is 5.91 Å². The number of benzene rings is 1. The Morgan fingerprint density at radius 2 is 2.00 bits per heavy atom. The Labute approximate surface area is 164 Å². The molecule has 0 aromatic heterocycles. The van der Waals surface area contributed by atoms with Crippen LogP contribution in [-0.4, -0.2) is 52.5 Å². The molecule has 1 atom stereocenters. The number of aliphatic hydroxyl groups excluding tert-OH is 1. The fraction of sp³-hybridized carbons (Fsp3) is 0.571. The van der Waals surface area contributed by atoms with Gasteiger partial charge in [0.05, 0.1) is 11.6 Å². The number of carbonyl (C=O) groups is 3. The first-order chi connectivity index (χ1) is 13.5. The van der Waals surface area contributed by atoms with Gasteiger partial charge in [0.1, 0.15) is 0 Å². The summed E-state index contributed by atoms with van der Waals surface area (Å²) in [7, 11) is 0. The van der Waals surface area contributed by atoms with E-state index in [4.69, 9.17) is 0 Å². The maximum Gasteiger partial charge on any atom is 0.312 e. The minimum Gasteiger partial charge on any atom is -0.391 e. The summed E-state index contributed by atoms with van der Waals surface area (Å²) in [5, 5.41) is 12.9. The van der Waals surface area contributed by atoms with E-state index < -0.39 is 23.5 Å². The van der Waals surface area contributed by atoms with E-state index in [1.165, 1.54) is 0 Å². The number of hydrogen-bond donors (Lipinski definition) is 2. The normalized spacial score (nSPS) is 23.6. The van der Waals surface area contributed by atoms with Crippen molar-refractivity contribution in [3.63, 3.8) is 0 Å². The van der Waals surface area contributed by atoms with E-state index in [9.17, 15) is 19.5 Å². The number of amides is 3. The van der Waals surface area contributed by atoms with Gasteiger partial charge in [-0.3, -0.25) is 14.4 Å². The molecule has 1 saturated carbocycles. The van der Waals surface area contributed by atoms with Gasteiger partial charge in [-0.1, -0.05) is 12.1 Å². The molecule has 1 aliphatic carbocycles. The fourth-order valence-electron chi connectivity index (χ4n) is 4.66. The van der Waals surface area contributed by atoms with Crippen molar-refractivity contribution in [1.29, 1.82) is 0 Å². The molecule has 3 amide bonds. The second kappa shape index (κ2) is 7.54. The standard InChI is InChI=1S/C21H27N3O4/c25-17-8-12-24(21(17)9-4-10-21)20(28)19(27)22-14-15-5-3-6-16(13-15)23-11-2-1-7-18(23)26/h3,5-6,13,17,25H,1-2,4,7-12,14H2,(H,22,27). The minimum absolute atomic E-state index is 0.126. The molecule has 7 nitrogen and oxygen atoms in total. The Morgan fingerprint density at radius 1 is 1.18 bits per heavy atom. The molecule has 0 bridgehead atoms. The molecule has 3 aliphatic rings. The lowest BCUT2D eigenvalue weighted by atomic mass is 9.73. The van der Waals surface area contributed by atoms with Gasteiger partial charge in [-0.2, -0.15) is 0 Å². The van der Waals surface area contributed by atoms with Crippen molar-refractivity contribution in [1.82, 2.24) is 10.2 Å². The second-order valence-corrected chi connectivity index (χ2v) is 8.07. The summed E-state index contributed by atoms with van der Waals surface area (Å²) < 4.78 is 0. The summed E-state index contributed by atoms with van der Waals surface area (Å²) in [5.41, 5.74) is 1.15. The molecule has 1 aromatic rings. The van der Waals surface area contributed by atoms with Gasteiger partial charge in [-0.15, -0.1) is 0 Å². The Balaban J connectivity index is 1.38. The smallest absolute Gasteiger partial charge is 0.312 e. The van der Waals surface area contributed by atoms with Crippen LogP contribution < -0.4 is 10.2 Å². The first-order valence-electron chi connectivity index (χ1n) is 10.2. The topological polar surface area (TPSA) is 90.0 Å². The van der Waals surface area contributed by atoms with Crippen LogP contribution in [0.25, 0.3) is 0 Å². The van der Waals surface area contributed by atoms with Crippen LogP contribution in [0, 0.1) is 0 Å². The number of hydrogen-bond acceptors (Lipinski definition) is 4. The lowest BCUT2D eigenvalue weighted by molar-refractivity contribution is -0.153. The van der Waals surface area contributed by atoms with Crippen molar-refractivity contribution >= 4 is 23.4 Å². The highest BCUT2D eigenvalue weighted by Crippen LogP contribution is 2.45. The van der Waals surface area contributed by atoms with E-state index >= 15 is 0 Å². The van der Waals surface area contributed by atoms with Crippen LogP contribution >= 0.6 is 0 Å². The van der Waals surface area contributed by atoms with Gasteiger partial charge in [-0.25, -0.2) is 0 Å². The molecule has 1 aromatic carbocycles. The number of piperidine rings is 1. The highest BCUT2D eigenvalue weighted by Gasteiger charge is 2.54. The fourth-order valence-corrected chi connectivity index (χ4v) is 4.66. The molecule has 4 rings (SSSR count). The predicted molar refractivity (Wildman–Crippen MR) is 103 cm³/mol. The molecule has 1 unspecified atom stereocenters. The molecule has 2 N–H and O–H groups in total. The molecule has 0 radical (unpaired) electrons. The van der Waals surface area contributed by atoms with Crippen molar-refractivity contribution in [3.8, 4) is 0 Å². The molecule has 2 saturated heterocycles. The lowest BCUT2D eigenvalue weighted by Crippen LogP contribution is -2.59. The minimum atomic E-state index is -0.639. The molecular weight excluding hydrogens is 358 g/mol. The van der Waals surface area contributed by atoms with Crippen molar-refractivity contribution in [3.05, 3.63) is 29.8 Å². The average molecular weight is 385 g/mol. The van der Waals surface area contributed by atoms with Gasteiger partial charge < -0.3 is 20.2 Å². The summed E-state index contributed by atoms with van der Waals surface area (Å²) >= 11 is 0. The van der Waals surface area contributed by atoms with Crippen molar-refractivity contribution in [2.24, 2.45) is 0 Å². The van der Waals surface area contributed by atoms with Crippen LogP contribution in [0.1, 0.15) is 50.5 Å². The van der Waals surface area contributed by atoms with Crippen LogP contribution in [-0.2, 0) is 20.9 Å². The first kappa shape index (κ1) is 18.9. The zero-order valence-electron chi connectivity index (χ0n) is 16.0. The van der Waals surface area contributed by atoms with E-state index in [0.717, 1.165) is 43.4 Å². The number of anilines is 1. The summed E-state index contributed by atoms with van der Waals surface area (Å²) in [5.74, 6) is -1.07. The van der Waals surface area contributed by atoms with Gasteiger partial charge >= 0.3 is 11.8 Å². The van der Waals surface area contributed by atoms with Crippen molar-refractivity contribution in [2.45, 2.75) is 63.1 Å². The second-order valence-electron chi connectivity index (χ2n) is 8.07. The van der Waals surface area contributed by atoms with Crippen LogP contribution in [0.3, 0.4) is 0 Å². The molecular formula is C21H27N3O4. The summed E-state index contributed by atoms with van der Waals surface area (Å²) in [6.45, 7) is 1.37. The molecule has 28 heavy (non-hydrogen) atoms. The van der Waals surface area contributed by atoms with E-state index in [2.05, 4.69) is 5.32 Å². The summed E-state index contributed by atoms with van der Waals surface area (Å²) in [6.07, 6.45) is 4.99. The van der Waals surface area contributed by atoms with Crippen molar-refractivity contribution in [2.75, 3.05) is 18.0 Å². The molecule has 7 heteroatoms. The third-order valence-corrected chi connectivity index (χ3v) is 6.44. The Hall–Kier alpha value is -2.41. The number of nitrogens with one attached hydrogen (secondary N) is 1. The van der Waals surface area contributed by atoms with Crippen LogP contribution in [0.2, 0.25) is 0 Å². The Kier molecular flexibility index (Phi) is 5.10. The molecule has 3 fully saturated rings. The number of likely N-dealkylation sites (tertiary alicyclic amines) is 1. The third-order valence-electron chi connectivity index (χ3n) is 6.44. The maximum absolute atomic E-state index is 12.6. The van der Waals surface area contributed by atoms with Gasteiger partial charge in [0.25, 0.3) is 0 Å². The first-order valence-corrected chi connectivity index (χ1v) is 10.2. The Morgan fingerprint density at radius 3 is 2.71 bits per heavy atom. The number of carbonyl (C=O) groups excluding carboxylic acids is 3. The molecule has 2 aliphatic heterocycles. The highest BCUT2D eigenvalue weighted by atomic mass is 16.3. The predicted octanol–water partition coefficient (Wildman–Crippen LogP) is 1.34. The van der Waals surface area contributed by atoms with Crippen molar-refractivity contribution < 1.29 is 19.5 Å². The lowest BCUT2D eigenvalue weighted by Gasteiger charge is -2.47.